The van der Waals surface area contributed by atoms with Gasteiger partial charge in [-0.25, -0.2) is 9.78 Å². The van der Waals surface area contributed by atoms with E-state index in [1.54, 1.807) is 19.1 Å². The first-order chi connectivity index (χ1) is 9.97. The maximum Gasteiger partial charge on any atom is 0.336 e. The topological polar surface area (TPSA) is 88.5 Å². The van der Waals surface area contributed by atoms with E-state index >= 15 is 0 Å². The van der Waals surface area contributed by atoms with Crippen LogP contribution in [-0.4, -0.2) is 28.6 Å². The Morgan fingerprint density at radius 3 is 2.76 bits per heavy atom. The lowest BCUT2D eigenvalue weighted by atomic mass is 10.1. The highest BCUT2D eigenvalue weighted by Crippen LogP contribution is 2.21. The molecular weight excluding hydrogens is 292 g/mol. The van der Waals surface area contributed by atoms with Crippen molar-refractivity contribution < 1.29 is 19.4 Å². The van der Waals surface area contributed by atoms with E-state index in [-0.39, 0.29) is 18.1 Å². The van der Waals surface area contributed by atoms with Crippen molar-refractivity contribution in [1.29, 1.82) is 0 Å². The average molecular weight is 306 g/mol. The smallest absolute Gasteiger partial charge is 0.336 e. The molecular formula is C14H14N2O4S. The molecule has 2 N–H and O–H groups in total. The van der Waals surface area contributed by atoms with E-state index in [0.29, 0.717) is 16.4 Å². The van der Waals surface area contributed by atoms with E-state index in [9.17, 15) is 9.59 Å². The van der Waals surface area contributed by atoms with E-state index in [1.807, 2.05) is 12.3 Å². The number of aromatic carboxylic acids is 1. The summed E-state index contributed by atoms with van der Waals surface area (Å²) in [7, 11) is 0. The lowest BCUT2D eigenvalue weighted by Gasteiger charge is -2.10. The Morgan fingerprint density at radius 1 is 1.38 bits per heavy atom. The number of carbonyl (C=O) groups is 2. The molecule has 0 spiro atoms. The fourth-order valence-electron chi connectivity index (χ4n) is 1.71. The minimum atomic E-state index is -1.03. The van der Waals surface area contributed by atoms with Gasteiger partial charge in [0, 0.05) is 10.9 Å². The number of carboxylic acid groups (broad SMARTS) is 1. The van der Waals surface area contributed by atoms with Crippen LogP contribution < -0.4 is 10.1 Å². The fourth-order valence-corrected chi connectivity index (χ4v) is 2.42. The summed E-state index contributed by atoms with van der Waals surface area (Å²) in [6.45, 7) is 3.27. The molecule has 110 valence electrons. The number of anilines is 1. The third-order valence-electron chi connectivity index (χ3n) is 2.74. The van der Waals surface area contributed by atoms with Gasteiger partial charge in [0.25, 0.3) is 5.91 Å². The monoisotopic (exact) mass is 306 g/mol. The largest absolute Gasteiger partial charge is 0.483 e. The van der Waals surface area contributed by atoms with E-state index in [1.165, 1.54) is 17.4 Å². The summed E-state index contributed by atoms with van der Waals surface area (Å²) in [5.74, 6) is -0.995. The van der Waals surface area contributed by atoms with Crippen LogP contribution in [0.15, 0.2) is 23.6 Å². The molecule has 21 heavy (non-hydrogen) atoms. The highest BCUT2D eigenvalue weighted by Gasteiger charge is 2.12. The maximum atomic E-state index is 11.7. The second-order valence-electron chi connectivity index (χ2n) is 4.36. The standard InChI is InChI=1S/C14H14N2O4S/c1-8-7-21-14(15-8)16-12(17)6-20-11-5-3-4-10(9(11)2)13(18)19/h3-5,7H,6H2,1-2H3,(H,18,19)(H,15,16,17). The Bertz CT molecular complexity index is 681. The number of carbonyl (C=O) groups excluding carboxylic acids is 1. The van der Waals surface area contributed by atoms with Crippen LogP contribution >= 0.6 is 11.3 Å². The van der Waals surface area contributed by atoms with Crippen molar-refractivity contribution in [2.45, 2.75) is 13.8 Å². The van der Waals surface area contributed by atoms with Crippen molar-refractivity contribution in [3.63, 3.8) is 0 Å². The molecule has 1 heterocycles. The first kappa shape index (κ1) is 15.0. The number of aromatic nitrogens is 1. The number of hydrogen-bond acceptors (Lipinski definition) is 5. The van der Waals surface area contributed by atoms with Crippen molar-refractivity contribution in [2.24, 2.45) is 0 Å². The van der Waals surface area contributed by atoms with Gasteiger partial charge in [-0.15, -0.1) is 11.3 Å². The molecule has 0 saturated carbocycles. The number of rotatable bonds is 5. The Hall–Kier alpha value is -2.41. The van der Waals surface area contributed by atoms with Gasteiger partial charge in [-0.2, -0.15) is 0 Å². The Labute approximate surface area is 125 Å². The van der Waals surface area contributed by atoms with Crippen molar-refractivity contribution in [2.75, 3.05) is 11.9 Å². The molecule has 2 aromatic rings. The molecule has 1 amide bonds. The molecule has 1 aromatic carbocycles. The SMILES string of the molecule is Cc1csc(NC(=O)COc2cccc(C(=O)O)c2C)n1. The Kier molecular flexibility index (Phi) is 4.54. The minimum absolute atomic E-state index is 0.156. The third kappa shape index (κ3) is 3.79. The van der Waals surface area contributed by atoms with Gasteiger partial charge in [-0.05, 0) is 26.0 Å². The van der Waals surface area contributed by atoms with Crippen LogP contribution in [0.25, 0.3) is 0 Å². The number of amides is 1. The van der Waals surface area contributed by atoms with Gasteiger partial charge in [0.1, 0.15) is 5.75 Å². The van der Waals surface area contributed by atoms with Crippen LogP contribution in [0.1, 0.15) is 21.6 Å². The molecule has 0 saturated heterocycles. The second kappa shape index (κ2) is 6.36. The van der Waals surface area contributed by atoms with E-state index in [4.69, 9.17) is 9.84 Å². The van der Waals surface area contributed by atoms with Crippen LogP contribution in [0.4, 0.5) is 5.13 Å². The van der Waals surface area contributed by atoms with Crippen molar-refractivity contribution in [1.82, 2.24) is 4.98 Å². The number of thiazole rings is 1. The zero-order chi connectivity index (χ0) is 15.4. The van der Waals surface area contributed by atoms with Gasteiger partial charge in [-0.3, -0.25) is 10.1 Å². The molecule has 0 unspecified atom stereocenters. The predicted octanol–water partition coefficient (Wildman–Crippen LogP) is 2.48. The molecule has 0 aliphatic carbocycles. The molecule has 7 heteroatoms. The third-order valence-corrected chi connectivity index (χ3v) is 3.61. The summed E-state index contributed by atoms with van der Waals surface area (Å²) in [4.78, 5) is 26.9. The predicted molar refractivity (Wildman–Crippen MR) is 79.1 cm³/mol. The Morgan fingerprint density at radius 2 is 2.14 bits per heavy atom. The van der Waals surface area contributed by atoms with Crippen LogP contribution in [0.3, 0.4) is 0 Å². The Balaban J connectivity index is 1.98. The number of nitrogens with one attached hydrogen (secondary N) is 1. The summed E-state index contributed by atoms with van der Waals surface area (Å²) in [6.07, 6.45) is 0. The molecule has 0 bridgehead atoms. The highest BCUT2D eigenvalue weighted by atomic mass is 32.1. The minimum Gasteiger partial charge on any atom is -0.483 e. The second-order valence-corrected chi connectivity index (χ2v) is 5.22. The van der Waals surface area contributed by atoms with Gasteiger partial charge in [-0.1, -0.05) is 6.07 Å². The summed E-state index contributed by atoms with van der Waals surface area (Å²) >= 11 is 1.33. The van der Waals surface area contributed by atoms with E-state index in [0.717, 1.165) is 5.69 Å². The number of carboxylic acids is 1. The molecule has 0 aliphatic heterocycles. The lowest BCUT2D eigenvalue weighted by Crippen LogP contribution is -2.20. The number of benzene rings is 1. The van der Waals surface area contributed by atoms with Crippen molar-refractivity contribution in [3.8, 4) is 5.75 Å². The highest BCUT2D eigenvalue weighted by molar-refractivity contribution is 7.13. The summed E-state index contributed by atoms with van der Waals surface area (Å²) in [6, 6.07) is 4.69. The van der Waals surface area contributed by atoms with Gasteiger partial charge < -0.3 is 9.84 Å². The molecule has 0 radical (unpaired) electrons. The molecule has 0 atom stereocenters. The summed E-state index contributed by atoms with van der Waals surface area (Å²) in [5, 5.41) is 14.0. The van der Waals surface area contributed by atoms with Gasteiger partial charge >= 0.3 is 5.97 Å². The zero-order valence-corrected chi connectivity index (χ0v) is 12.4. The number of aryl methyl sites for hydroxylation is 1. The van der Waals surface area contributed by atoms with E-state index < -0.39 is 5.97 Å². The molecule has 1 aromatic heterocycles. The van der Waals surface area contributed by atoms with Crippen LogP contribution in [-0.2, 0) is 4.79 Å². The molecule has 2 rings (SSSR count). The lowest BCUT2D eigenvalue weighted by molar-refractivity contribution is -0.118. The maximum absolute atomic E-state index is 11.7. The van der Waals surface area contributed by atoms with Crippen LogP contribution in [0.5, 0.6) is 5.75 Å². The molecule has 0 fully saturated rings. The van der Waals surface area contributed by atoms with E-state index in [2.05, 4.69) is 10.3 Å². The first-order valence-electron chi connectivity index (χ1n) is 6.15. The van der Waals surface area contributed by atoms with Crippen molar-refractivity contribution in [3.05, 3.63) is 40.4 Å². The van der Waals surface area contributed by atoms with Gasteiger partial charge in [0.15, 0.2) is 11.7 Å². The number of hydrogen-bond donors (Lipinski definition) is 2. The molecule has 6 nitrogen and oxygen atoms in total. The van der Waals surface area contributed by atoms with Gasteiger partial charge in [0.05, 0.1) is 11.3 Å². The first-order valence-corrected chi connectivity index (χ1v) is 7.03. The van der Waals surface area contributed by atoms with Crippen molar-refractivity contribution >= 4 is 28.3 Å². The number of ether oxygens (including phenoxy) is 1. The van der Waals surface area contributed by atoms with Crippen LogP contribution in [0.2, 0.25) is 0 Å². The fraction of sp³-hybridized carbons (Fsp3) is 0.214. The van der Waals surface area contributed by atoms with Crippen LogP contribution in [0, 0.1) is 13.8 Å². The summed E-state index contributed by atoms with van der Waals surface area (Å²) in [5.41, 5.74) is 1.48. The zero-order valence-electron chi connectivity index (χ0n) is 11.5. The number of nitrogens with zero attached hydrogens (tertiary/aromatic N) is 1. The average Bonchev–Trinajstić information content (AvgIpc) is 2.82. The quantitative estimate of drug-likeness (QED) is 0.886. The molecule has 0 aliphatic rings. The normalized spacial score (nSPS) is 10.2. The van der Waals surface area contributed by atoms with Gasteiger partial charge in [0.2, 0.25) is 0 Å². The summed E-state index contributed by atoms with van der Waals surface area (Å²) < 4.78 is 5.37.